The number of hydrogen-bond donors (Lipinski definition) is 2. The molecule has 0 spiro atoms. The second-order valence-corrected chi connectivity index (χ2v) is 3.38. The molecular weight excluding hydrogens is 232 g/mol. The maximum Gasteiger partial charge on any atom is 0.273 e. The number of carbonyl (C=O) groups excluding carboxylic acids is 2. The highest BCUT2D eigenvalue weighted by Crippen LogP contribution is 2.15. The smallest absolute Gasteiger partial charge is 0.273 e. The molecule has 0 radical (unpaired) electrons. The second kappa shape index (κ2) is 5.81. The summed E-state index contributed by atoms with van der Waals surface area (Å²) in [5, 5.41) is 7.82. The normalized spacial score (nSPS) is 10.9. The van der Waals surface area contributed by atoms with Gasteiger partial charge in [0, 0.05) is 5.38 Å². The van der Waals surface area contributed by atoms with Gasteiger partial charge in [-0.15, -0.1) is 11.3 Å². The Kier molecular flexibility index (Phi) is 4.40. The lowest BCUT2D eigenvalue weighted by Crippen LogP contribution is -2.25. The zero-order valence-electron chi connectivity index (χ0n) is 8.47. The van der Waals surface area contributed by atoms with Crippen molar-refractivity contribution in [1.29, 1.82) is 0 Å². The molecule has 0 bridgehead atoms. The van der Waals surface area contributed by atoms with Crippen molar-refractivity contribution < 1.29 is 14.4 Å². The number of anilines is 1. The molecule has 0 atom stereocenters. The van der Waals surface area contributed by atoms with Crippen LogP contribution >= 0.6 is 11.3 Å². The summed E-state index contributed by atoms with van der Waals surface area (Å²) in [5.41, 5.74) is 5.32. The molecule has 86 valence electrons. The molecule has 1 aromatic heterocycles. The first-order valence-corrected chi connectivity index (χ1v) is 5.22. The third kappa shape index (κ3) is 3.02. The minimum Gasteiger partial charge on any atom is -0.395 e. The van der Waals surface area contributed by atoms with Crippen molar-refractivity contribution in [3.63, 3.8) is 0 Å². The van der Waals surface area contributed by atoms with E-state index in [-0.39, 0.29) is 11.4 Å². The third-order valence-corrected chi connectivity index (χ3v) is 2.22. The first-order chi connectivity index (χ1) is 7.69. The van der Waals surface area contributed by atoms with Gasteiger partial charge in [-0.3, -0.25) is 9.59 Å². The molecule has 1 heterocycles. The number of thiazole rings is 1. The van der Waals surface area contributed by atoms with Crippen LogP contribution in [0.25, 0.3) is 0 Å². The number of rotatable bonds is 6. The van der Waals surface area contributed by atoms with Gasteiger partial charge in [0.15, 0.2) is 10.8 Å². The lowest BCUT2D eigenvalue weighted by atomic mass is 10.3. The topological polar surface area (TPSA) is 107 Å². The maximum atomic E-state index is 11.1. The van der Waals surface area contributed by atoms with E-state index in [1.807, 2.05) is 0 Å². The SMILES string of the molecule is CCO/N=C(\C(N)=O)c1csc(NC=O)n1. The summed E-state index contributed by atoms with van der Waals surface area (Å²) in [7, 11) is 0. The van der Waals surface area contributed by atoms with Crippen molar-refractivity contribution in [2.45, 2.75) is 6.92 Å². The van der Waals surface area contributed by atoms with Gasteiger partial charge in [-0.25, -0.2) is 4.98 Å². The zero-order valence-corrected chi connectivity index (χ0v) is 9.28. The predicted molar refractivity (Wildman–Crippen MR) is 59.2 cm³/mol. The Morgan fingerprint density at radius 3 is 3.12 bits per heavy atom. The van der Waals surface area contributed by atoms with Crippen LogP contribution in [0.5, 0.6) is 0 Å². The van der Waals surface area contributed by atoms with E-state index in [2.05, 4.69) is 15.5 Å². The van der Waals surface area contributed by atoms with Crippen LogP contribution in [0.2, 0.25) is 0 Å². The minimum absolute atomic E-state index is 0.0722. The van der Waals surface area contributed by atoms with E-state index in [0.717, 1.165) is 11.3 Å². The molecule has 0 aliphatic heterocycles. The van der Waals surface area contributed by atoms with Crippen LogP contribution in [0.3, 0.4) is 0 Å². The molecule has 0 fully saturated rings. The van der Waals surface area contributed by atoms with Gasteiger partial charge in [0.25, 0.3) is 5.91 Å². The maximum absolute atomic E-state index is 11.1. The van der Waals surface area contributed by atoms with Gasteiger partial charge >= 0.3 is 0 Å². The zero-order chi connectivity index (χ0) is 12.0. The molecule has 8 heteroatoms. The number of aromatic nitrogens is 1. The molecule has 2 amide bonds. The Morgan fingerprint density at radius 1 is 1.81 bits per heavy atom. The summed E-state index contributed by atoms with van der Waals surface area (Å²) in [6.07, 6.45) is 0.492. The molecule has 0 unspecified atom stereocenters. The molecular formula is C8H10N4O3S. The standard InChI is InChI=1S/C8H10N4O3S/c1-2-15-12-6(7(9)14)5-3-16-8(11-5)10-4-13/h3-4H,2H2,1H3,(H2,9,14)(H,10,11,13)/b12-6-. The van der Waals surface area contributed by atoms with E-state index < -0.39 is 5.91 Å². The van der Waals surface area contributed by atoms with Crippen LogP contribution in [0.15, 0.2) is 10.5 Å². The first kappa shape index (κ1) is 12.1. The number of nitrogens with one attached hydrogen (secondary N) is 1. The van der Waals surface area contributed by atoms with Gasteiger partial charge in [-0.2, -0.15) is 0 Å². The van der Waals surface area contributed by atoms with Gasteiger partial charge < -0.3 is 15.9 Å². The molecule has 0 saturated heterocycles. The van der Waals surface area contributed by atoms with E-state index in [1.165, 1.54) is 0 Å². The van der Waals surface area contributed by atoms with Gasteiger partial charge in [0.2, 0.25) is 6.41 Å². The van der Waals surface area contributed by atoms with Crippen molar-refractivity contribution in [2.75, 3.05) is 11.9 Å². The summed E-state index contributed by atoms with van der Waals surface area (Å²) in [6.45, 7) is 2.04. The van der Waals surface area contributed by atoms with Crippen molar-refractivity contribution >= 4 is 34.5 Å². The van der Waals surface area contributed by atoms with Gasteiger partial charge in [-0.05, 0) is 6.92 Å². The Hall–Kier alpha value is -1.96. The molecule has 0 aromatic carbocycles. The second-order valence-electron chi connectivity index (χ2n) is 2.52. The van der Waals surface area contributed by atoms with Gasteiger partial charge in [0.05, 0.1) is 0 Å². The van der Waals surface area contributed by atoms with E-state index in [0.29, 0.717) is 18.1 Å². The fourth-order valence-corrected chi connectivity index (χ4v) is 1.50. The van der Waals surface area contributed by atoms with E-state index >= 15 is 0 Å². The van der Waals surface area contributed by atoms with Crippen molar-refractivity contribution in [3.05, 3.63) is 11.1 Å². The molecule has 1 rings (SSSR count). The summed E-state index contributed by atoms with van der Waals surface area (Å²) < 4.78 is 0. The lowest BCUT2D eigenvalue weighted by Gasteiger charge is -1.97. The lowest BCUT2D eigenvalue weighted by molar-refractivity contribution is -0.112. The molecule has 1 aromatic rings. The van der Waals surface area contributed by atoms with Gasteiger partial charge in [-0.1, -0.05) is 5.16 Å². The number of hydrogen-bond acceptors (Lipinski definition) is 6. The van der Waals surface area contributed by atoms with E-state index in [1.54, 1.807) is 12.3 Å². The fourth-order valence-electron chi connectivity index (χ4n) is 0.846. The van der Waals surface area contributed by atoms with Crippen LogP contribution in [0.1, 0.15) is 12.6 Å². The first-order valence-electron chi connectivity index (χ1n) is 4.34. The number of oxime groups is 1. The summed E-state index contributed by atoms with van der Waals surface area (Å²) in [5.74, 6) is -0.739. The number of primary amides is 1. The number of nitrogens with zero attached hydrogens (tertiary/aromatic N) is 2. The Labute approximate surface area is 95.3 Å². The Balaban J connectivity index is 2.92. The Morgan fingerprint density at radius 2 is 2.56 bits per heavy atom. The molecule has 3 N–H and O–H groups in total. The number of amides is 2. The highest BCUT2D eigenvalue weighted by molar-refractivity contribution is 7.14. The van der Waals surface area contributed by atoms with Crippen molar-refractivity contribution in [3.8, 4) is 0 Å². The molecule has 0 aliphatic carbocycles. The average Bonchev–Trinajstić information content (AvgIpc) is 2.67. The fraction of sp³-hybridized carbons (Fsp3) is 0.250. The third-order valence-electron chi connectivity index (χ3n) is 1.45. The minimum atomic E-state index is -0.739. The summed E-state index contributed by atoms with van der Waals surface area (Å²) in [4.78, 5) is 29.9. The molecule has 0 aliphatic rings. The monoisotopic (exact) mass is 242 g/mol. The van der Waals surface area contributed by atoms with Crippen LogP contribution in [0, 0.1) is 0 Å². The quantitative estimate of drug-likeness (QED) is 0.414. The van der Waals surface area contributed by atoms with Crippen LogP contribution < -0.4 is 11.1 Å². The van der Waals surface area contributed by atoms with E-state index in [9.17, 15) is 9.59 Å². The average molecular weight is 242 g/mol. The summed E-state index contributed by atoms with van der Waals surface area (Å²) >= 11 is 1.16. The largest absolute Gasteiger partial charge is 0.395 e. The van der Waals surface area contributed by atoms with Gasteiger partial charge in [0.1, 0.15) is 12.3 Å². The molecule has 16 heavy (non-hydrogen) atoms. The van der Waals surface area contributed by atoms with Crippen LogP contribution in [-0.4, -0.2) is 29.6 Å². The van der Waals surface area contributed by atoms with Crippen molar-refractivity contribution in [1.82, 2.24) is 4.98 Å². The molecule has 7 nitrogen and oxygen atoms in total. The summed E-state index contributed by atoms with van der Waals surface area (Å²) in [6, 6.07) is 0. The number of nitrogens with two attached hydrogens (primary N) is 1. The molecule has 0 saturated carbocycles. The predicted octanol–water partition coefficient (Wildman–Crippen LogP) is -0.0627. The van der Waals surface area contributed by atoms with Crippen LogP contribution in [0.4, 0.5) is 5.13 Å². The number of carbonyl (C=O) groups is 2. The van der Waals surface area contributed by atoms with E-state index in [4.69, 9.17) is 10.6 Å². The highest BCUT2D eigenvalue weighted by Gasteiger charge is 2.15. The Bertz CT molecular complexity index is 415. The van der Waals surface area contributed by atoms with Crippen molar-refractivity contribution in [2.24, 2.45) is 10.9 Å². The van der Waals surface area contributed by atoms with Crippen LogP contribution in [-0.2, 0) is 14.4 Å². The highest BCUT2D eigenvalue weighted by atomic mass is 32.1.